The SMILES string of the molecule is CC(C)Nc1cc(=O)n(C)c(=O)[nH]1. The number of hydrogen-bond acceptors (Lipinski definition) is 3. The summed E-state index contributed by atoms with van der Waals surface area (Å²) in [7, 11) is 1.43. The highest BCUT2D eigenvalue weighted by Gasteiger charge is 2.00. The van der Waals surface area contributed by atoms with Crippen LogP contribution in [0.2, 0.25) is 0 Å². The van der Waals surface area contributed by atoms with E-state index in [2.05, 4.69) is 10.3 Å². The van der Waals surface area contributed by atoms with Gasteiger partial charge >= 0.3 is 5.69 Å². The maximum atomic E-state index is 11.1. The lowest BCUT2D eigenvalue weighted by molar-refractivity contribution is 0.769. The lowest BCUT2D eigenvalue weighted by atomic mass is 10.4. The molecule has 1 aromatic heterocycles. The monoisotopic (exact) mass is 183 g/mol. The Hall–Kier alpha value is -1.52. The average molecular weight is 183 g/mol. The van der Waals surface area contributed by atoms with Crippen molar-refractivity contribution in [2.24, 2.45) is 7.05 Å². The standard InChI is InChI=1S/C8H13N3O2/c1-5(2)9-6-4-7(12)11(3)8(13)10-6/h4-5,9H,1-3H3,(H,10,13). The first-order valence-electron chi connectivity index (χ1n) is 4.07. The molecule has 1 rings (SSSR count). The van der Waals surface area contributed by atoms with Crippen molar-refractivity contribution in [1.82, 2.24) is 9.55 Å². The van der Waals surface area contributed by atoms with E-state index < -0.39 is 5.69 Å². The average Bonchev–Trinajstić information content (AvgIpc) is 1.98. The van der Waals surface area contributed by atoms with E-state index in [4.69, 9.17) is 0 Å². The molecular weight excluding hydrogens is 170 g/mol. The molecule has 0 unspecified atom stereocenters. The van der Waals surface area contributed by atoms with Gasteiger partial charge in [0, 0.05) is 19.2 Å². The summed E-state index contributed by atoms with van der Waals surface area (Å²) in [6.45, 7) is 3.85. The van der Waals surface area contributed by atoms with Crippen molar-refractivity contribution < 1.29 is 0 Å². The predicted octanol–water partition coefficient (Wildman–Crippen LogP) is -0.106. The third kappa shape index (κ3) is 2.21. The van der Waals surface area contributed by atoms with Gasteiger partial charge in [0.15, 0.2) is 0 Å². The van der Waals surface area contributed by atoms with Crippen LogP contribution in [0.5, 0.6) is 0 Å². The zero-order valence-corrected chi connectivity index (χ0v) is 7.92. The highest BCUT2D eigenvalue weighted by atomic mass is 16.2. The second kappa shape index (κ2) is 3.47. The van der Waals surface area contributed by atoms with Crippen LogP contribution in [0, 0.1) is 0 Å². The lowest BCUT2D eigenvalue weighted by Gasteiger charge is -2.08. The molecule has 0 saturated heterocycles. The summed E-state index contributed by atoms with van der Waals surface area (Å²) in [6.07, 6.45) is 0. The maximum absolute atomic E-state index is 11.1. The van der Waals surface area contributed by atoms with E-state index in [9.17, 15) is 9.59 Å². The number of rotatable bonds is 2. The third-order valence-electron chi connectivity index (χ3n) is 1.59. The molecular formula is C8H13N3O2. The fraction of sp³-hybridized carbons (Fsp3) is 0.500. The van der Waals surface area contributed by atoms with Crippen LogP contribution >= 0.6 is 0 Å². The van der Waals surface area contributed by atoms with Gasteiger partial charge in [0.2, 0.25) is 0 Å². The van der Waals surface area contributed by atoms with Crippen LogP contribution in [0.1, 0.15) is 13.8 Å². The quantitative estimate of drug-likeness (QED) is 0.672. The number of H-pyrrole nitrogens is 1. The van der Waals surface area contributed by atoms with Crippen LogP contribution in [-0.4, -0.2) is 15.6 Å². The van der Waals surface area contributed by atoms with E-state index in [1.807, 2.05) is 13.8 Å². The predicted molar refractivity (Wildman–Crippen MR) is 51.1 cm³/mol. The fourth-order valence-corrected chi connectivity index (χ4v) is 0.944. The molecule has 0 aliphatic heterocycles. The molecule has 0 radical (unpaired) electrons. The molecule has 0 aliphatic rings. The number of anilines is 1. The molecule has 13 heavy (non-hydrogen) atoms. The fourth-order valence-electron chi connectivity index (χ4n) is 0.944. The van der Waals surface area contributed by atoms with E-state index >= 15 is 0 Å². The largest absolute Gasteiger partial charge is 0.369 e. The molecule has 0 bridgehead atoms. The molecule has 0 spiro atoms. The maximum Gasteiger partial charge on any atom is 0.329 e. The molecule has 0 saturated carbocycles. The molecule has 2 N–H and O–H groups in total. The summed E-state index contributed by atoms with van der Waals surface area (Å²) in [4.78, 5) is 24.8. The van der Waals surface area contributed by atoms with Gasteiger partial charge in [-0.1, -0.05) is 0 Å². The van der Waals surface area contributed by atoms with Crippen molar-refractivity contribution in [2.75, 3.05) is 5.32 Å². The van der Waals surface area contributed by atoms with E-state index in [0.29, 0.717) is 5.82 Å². The molecule has 0 fully saturated rings. The van der Waals surface area contributed by atoms with Gasteiger partial charge in [-0.2, -0.15) is 0 Å². The molecule has 0 aliphatic carbocycles. The molecule has 1 aromatic rings. The number of aromatic amines is 1. The van der Waals surface area contributed by atoms with Gasteiger partial charge in [-0.25, -0.2) is 4.79 Å². The van der Waals surface area contributed by atoms with Crippen molar-refractivity contribution in [2.45, 2.75) is 19.9 Å². The van der Waals surface area contributed by atoms with Crippen molar-refractivity contribution in [1.29, 1.82) is 0 Å². The van der Waals surface area contributed by atoms with Gasteiger partial charge in [0.05, 0.1) is 0 Å². The minimum Gasteiger partial charge on any atom is -0.369 e. The first-order chi connectivity index (χ1) is 6.00. The zero-order chi connectivity index (χ0) is 10.0. The Morgan fingerprint density at radius 2 is 2.08 bits per heavy atom. The summed E-state index contributed by atoms with van der Waals surface area (Å²) in [5.41, 5.74) is -0.720. The Morgan fingerprint density at radius 3 is 2.54 bits per heavy atom. The van der Waals surface area contributed by atoms with Crippen LogP contribution in [0.25, 0.3) is 0 Å². The third-order valence-corrected chi connectivity index (χ3v) is 1.59. The Kier molecular flexibility index (Phi) is 2.55. The van der Waals surface area contributed by atoms with Gasteiger partial charge in [0.25, 0.3) is 5.56 Å². The number of nitrogens with one attached hydrogen (secondary N) is 2. The summed E-state index contributed by atoms with van der Waals surface area (Å²) in [5.74, 6) is 0.461. The number of nitrogens with zero attached hydrogens (tertiary/aromatic N) is 1. The second-order valence-electron chi connectivity index (χ2n) is 3.18. The van der Waals surface area contributed by atoms with Gasteiger partial charge in [-0.15, -0.1) is 0 Å². The van der Waals surface area contributed by atoms with E-state index in [1.165, 1.54) is 13.1 Å². The van der Waals surface area contributed by atoms with Gasteiger partial charge in [-0.3, -0.25) is 14.3 Å². The van der Waals surface area contributed by atoms with E-state index in [0.717, 1.165) is 4.57 Å². The van der Waals surface area contributed by atoms with Crippen LogP contribution in [-0.2, 0) is 7.05 Å². The summed E-state index contributed by atoms with van der Waals surface area (Å²) in [5, 5.41) is 2.94. The molecule has 0 aromatic carbocycles. The van der Waals surface area contributed by atoms with Gasteiger partial charge in [-0.05, 0) is 13.8 Å². The smallest absolute Gasteiger partial charge is 0.329 e. The highest BCUT2D eigenvalue weighted by molar-refractivity contribution is 5.32. The van der Waals surface area contributed by atoms with Crippen molar-refractivity contribution >= 4 is 5.82 Å². The second-order valence-corrected chi connectivity index (χ2v) is 3.18. The van der Waals surface area contributed by atoms with Crippen LogP contribution in [0.15, 0.2) is 15.7 Å². The molecule has 72 valence electrons. The van der Waals surface area contributed by atoms with Crippen molar-refractivity contribution in [3.63, 3.8) is 0 Å². The zero-order valence-electron chi connectivity index (χ0n) is 7.92. The Morgan fingerprint density at radius 1 is 1.46 bits per heavy atom. The summed E-state index contributed by atoms with van der Waals surface area (Å²) >= 11 is 0. The minimum atomic E-state index is -0.407. The topological polar surface area (TPSA) is 66.9 Å². The molecule has 0 atom stereocenters. The Balaban J connectivity index is 3.14. The van der Waals surface area contributed by atoms with E-state index in [-0.39, 0.29) is 11.6 Å². The molecule has 1 heterocycles. The Bertz CT molecular complexity index is 371. The van der Waals surface area contributed by atoms with Crippen LogP contribution < -0.4 is 16.6 Å². The first kappa shape index (κ1) is 9.57. The number of aromatic nitrogens is 2. The Labute approximate surface area is 75.4 Å². The lowest BCUT2D eigenvalue weighted by Crippen LogP contribution is -2.33. The van der Waals surface area contributed by atoms with Gasteiger partial charge in [0.1, 0.15) is 5.82 Å². The van der Waals surface area contributed by atoms with Crippen LogP contribution in [0.4, 0.5) is 5.82 Å². The highest BCUT2D eigenvalue weighted by Crippen LogP contribution is 1.95. The molecule has 5 heteroatoms. The summed E-state index contributed by atoms with van der Waals surface area (Å²) in [6, 6.07) is 1.55. The van der Waals surface area contributed by atoms with Crippen LogP contribution in [0.3, 0.4) is 0 Å². The minimum absolute atomic E-state index is 0.183. The normalized spacial score (nSPS) is 10.5. The van der Waals surface area contributed by atoms with Gasteiger partial charge < -0.3 is 5.32 Å². The molecule has 5 nitrogen and oxygen atoms in total. The number of hydrogen-bond donors (Lipinski definition) is 2. The first-order valence-corrected chi connectivity index (χ1v) is 4.07. The van der Waals surface area contributed by atoms with E-state index in [1.54, 1.807) is 0 Å². The van der Waals surface area contributed by atoms with Crippen molar-refractivity contribution in [3.8, 4) is 0 Å². The summed E-state index contributed by atoms with van der Waals surface area (Å²) < 4.78 is 1.02. The van der Waals surface area contributed by atoms with Crippen molar-refractivity contribution in [3.05, 3.63) is 26.9 Å². The molecule has 0 amide bonds.